The lowest BCUT2D eigenvalue weighted by molar-refractivity contribution is 0.414. The van der Waals surface area contributed by atoms with E-state index in [0.717, 1.165) is 17.4 Å². The van der Waals surface area contributed by atoms with Crippen LogP contribution in [0.2, 0.25) is 0 Å². The van der Waals surface area contributed by atoms with E-state index >= 15 is 0 Å². The number of benzene rings is 2. The Morgan fingerprint density at radius 3 is 2.32 bits per heavy atom. The Labute approximate surface area is 133 Å². The van der Waals surface area contributed by atoms with E-state index in [1.54, 1.807) is 7.11 Å². The molecule has 2 rings (SSSR count). The highest BCUT2D eigenvalue weighted by atomic mass is 31.0. The van der Waals surface area contributed by atoms with E-state index in [1.807, 2.05) is 38.1 Å². The molecular weight excluding hydrogens is 303 g/mol. The summed E-state index contributed by atoms with van der Waals surface area (Å²) < 4.78 is 31.3. The van der Waals surface area contributed by atoms with Gasteiger partial charge in [0, 0.05) is 18.4 Å². The van der Waals surface area contributed by atoms with E-state index < -0.39 is 11.6 Å². The summed E-state index contributed by atoms with van der Waals surface area (Å²) >= 11 is 0. The Balaban J connectivity index is 0.00000116. The zero-order valence-electron chi connectivity index (χ0n) is 13.1. The molecule has 120 valence electrons. The molecule has 0 aliphatic rings. The van der Waals surface area contributed by atoms with Gasteiger partial charge in [-0.25, -0.2) is 8.78 Å². The van der Waals surface area contributed by atoms with Crippen molar-refractivity contribution in [1.29, 1.82) is 0 Å². The zero-order valence-corrected chi connectivity index (χ0v) is 14.2. The smallest absolute Gasteiger partial charge is 0.126 e. The fourth-order valence-electron chi connectivity index (χ4n) is 1.89. The maximum atomic E-state index is 13.1. The second-order valence-electron chi connectivity index (χ2n) is 4.41. The summed E-state index contributed by atoms with van der Waals surface area (Å²) in [7, 11) is 4.27. The summed E-state index contributed by atoms with van der Waals surface area (Å²) in [4.78, 5) is 0. The minimum Gasteiger partial charge on any atom is -0.497 e. The van der Waals surface area contributed by atoms with Gasteiger partial charge in [-0.15, -0.1) is 9.24 Å². The third-order valence-corrected chi connectivity index (χ3v) is 3.52. The number of hydrogen-bond donors (Lipinski definition) is 1. The number of rotatable bonds is 5. The van der Waals surface area contributed by atoms with Gasteiger partial charge in [-0.1, -0.05) is 26.0 Å². The Morgan fingerprint density at radius 1 is 1.09 bits per heavy atom. The number of halogens is 2. The first-order valence-corrected chi connectivity index (χ1v) is 7.83. The molecule has 0 heterocycles. The predicted molar refractivity (Wildman–Crippen MR) is 90.0 cm³/mol. The highest BCUT2D eigenvalue weighted by Crippen LogP contribution is 2.24. The Kier molecular flexibility index (Phi) is 8.00. The molecule has 0 saturated carbocycles. The highest BCUT2D eigenvalue weighted by molar-refractivity contribution is 7.17. The second-order valence-corrected chi connectivity index (χ2v) is 5.08. The van der Waals surface area contributed by atoms with E-state index in [-0.39, 0.29) is 5.78 Å². The molecule has 1 N–H and O–H groups in total. The molecule has 0 spiro atoms. The molecule has 0 radical (unpaired) electrons. The van der Waals surface area contributed by atoms with Crippen LogP contribution in [-0.2, 0) is 6.54 Å². The summed E-state index contributed by atoms with van der Waals surface area (Å²) in [5.74, 6) is -0.392. The average Bonchev–Trinajstić information content (AvgIpc) is 2.53. The third kappa shape index (κ3) is 5.70. The fraction of sp³-hybridized carbons (Fsp3) is 0.294. The minimum atomic E-state index is -0.566. The van der Waals surface area contributed by atoms with Crippen LogP contribution in [0.25, 0.3) is 0 Å². The van der Waals surface area contributed by atoms with Gasteiger partial charge < -0.3 is 10.1 Å². The van der Waals surface area contributed by atoms with Crippen molar-refractivity contribution in [1.82, 2.24) is 5.32 Å². The molecule has 0 aliphatic heterocycles. The van der Waals surface area contributed by atoms with Crippen molar-refractivity contribution in [2.75, 3.05) is 7.11 Å². The normalized spacial score (nSPS) is 11.4. The first-order valence-electron chi connectivity index (χ1n) is 7.16. The summed E-state index contributed by atoms with van der Waals surface area (Å²) in [5.41, 5.74) is 1.59. The quantitative estimate of drug-likeness (QED) is 0.807. The van der Waals surface area contributed by atoms with Crippen molar-refractivity contribution in [2.24, 2.45) is 0 Å². The van der Waals surface area contributed by atoms with Crippen molar-refractivity contribution in [3.8, 4) is 5.75 Å². The van der Waals surface area contributed by atoms with Gasteiger partial charge in [0.25, 0.3) is 0 Å². The SMILES string of the molecule is CC.COc1cccc(C(P)NCc2cc(F)cc(F)c2)c1. The van der Waals surface area contributed by atoms with E-state index in [2.05, 4.69) is 14.6 Å². The van der Waals surface area contributed by atoms with E-state index in [0.29, 0.717) is 12.1 Å². The molecule has 0 aliphatic carbocycles. The van der Waals surface area contributed by atoms with Gasteiger partial charge in [0.15, 0.2) is 0 Å². The summed E-state index contributed by atoms with van der Waals surface area (Å²) in [6.45, 7) is 4.38. The van der Waals surface area contributed by atoms with Crippen LogP contribution in [0.3, 0.4) is 0 Å². The lowest BCUT2D eigenvalue weighted by Crippen LogP contribution is -2.16. The van der Waals surface area contributed by atoms with E-state index in [1.165, 1.54) is 12.1 Å². The molecule has 2 nitrogen and oxygen atoms in total. The van der Waals surface area contributed by atoms with Gasteiger partial charge in [0.05, 0.1) is 7.11 Å². The fourth-order valence-corrected chi connectivity index (χ4v) is 2.22. The summed E-state index contributed by atoms with van der Waals surface area (Å²) in [6.07, 6.45) is 0. The third-order valence-electron chi connectivity index (χ3n) is 2.90. The van der Waals surface area contributed by atoms with E-state index in [4.69, 9.17) is 4.74 Å². The lowest BCUT2D eigenvalue weighted by atomic mass is 10.2. The molecule has 0 bridgehead atoms. The average molecular weight is 325 g/mol. The molecule has 2 atom stereocenters. The van der Waals surface area contributed by atoms with Crippen LogP contribution in [0.1, 0.15) is 30.8 Å². The minimum absolute atomic E-state index is 0.0311. The monoisotopic (exact) mass is 325 g/mol. The van der Waals surface area contributed by atoms with Gasteiger partial charge in [0.2, 0.25) is 0 Å². The van der Waals surface area contributed by atoms with Crippen LogP contribution in [0.5, 0.6) is 5.75 Å². The van der Waals surface area contributed by atoms with Crippen LogP contribution >= 0.6 is 9.24 Å². The largest absolute Gasteiger partial charge is 0.497 e. The van der Waals surface area contributed by atoms with Crippen molar-refractivity contribution in [3.63, 3.8) is 0 Å². The molecule has 0 fully saturated rings. The topological polar surface area (TPSA) is 21.3 Å². The Morgan fingerprint density at radius 2 is 1.73 bits per heavy atom. The highest BCUT2D eigenvalue weighted by Gasteiger charge is 2.07. The van der Waals surface area contributed by atoms with Crippen LogP contribution in [0.4, 0.5) is 8.78 Å². The van der Waals surface area contributed by atoms with Crippen molar-refractivity contribution >= 4 is 9.24 Å². The molecule has 2 aromatic rings. The first kappa shape index (κ1) is 18.5. The van der Waals surface area contributed by atoms with Gasteiger partial charge in [-0.2, -0.15) is 0 Å². The van der Waals surface area contributed by atoms with Crippen LogP contribution in [0.15, 0.2) is 42.5 Å². The number of hydrogen-bond acceptors (Lipinski definition) is 2. The van der Waals surface area contributed by atoms with Gasteiger partial charge in [-0.3, -0.25) is 0 Å². The maximum absolute atomic E-state index is 13.1. The molecule has 2 unspecified atom stereocenters. The van der Waals surface area contributed by atoms with Crippen LogP contribution in [-0.4, -0.2) is 7.11 Å². The van der Waals surface area contributed by atoms with Crippen LogP contribution < -0.4 is 10.1 Å². The Bertz CT molecular complexity index is 572. The molecular formula is C17H22F2NOP. The summed E-state index contributed by atoms with van der Waals surface area (Å²) in [6, 6.07) is 11.1. The van der Waals surface area contributed by atoms with Gasteiger partial charge in [-0.05, 0) is 35.4 Å². The lowest BCUT2D eigenvalue weighted by Gasteiger charge is -2.15. The van der Waals surface area contributed by atoms with Crippen molar-refractivity contribution < 1.29 is 13.5 Å². The summed E-state index contributed by atoms with van der Waals surface area (Å²) in [5, 5.41) is 3.20. The molecule has 22 heavy (non-hydrogen) atoms. The molecule has 0 aromatic heterocycles. The van der Waals surface area contributed by atoms with Gasteiger partial charge in [0.1, 0.15) is 17.4 Å². The number of ether oxygens (including phenoxy) is 1. The zero-order chi connectivity index (χ0) is 16.5. The molecule has 0 saturated heterocycles. The maximum Gasteiger partial charge on any atom is 0.126 e. The standard InChI is InChI=1S/C15H16F2NOP.C2H6/c1-19-14-4-2-3-11(7-14)15(20)18-9-10-5-12(16)8-13(17)6-10;1-2/h2-8,15,18H,9,20H2,1H3;1-2H3. The first-order chi connectivity index (χ1) is 10.6. The second kappa shape index (κ2) is 9.50. The predicted octanol–water partition coefficient (Wildman–Crippen LogP) is 4.66. The van der Waals surface area contributed by atoms with E-state index in [9.17, 15) is 8.78 Å². The molecule has 5 heteroatoms. The van der Waals surface area contributed by atoms with Gasteiger partial charge >= 0.3 is 0 Å². The van der Waals surface area contributed by atoms with Crippen LogP contribution in [0, 0.1) is 11.6 Å². The number of nitrogens with one attached hydrogen (secondary N) is 1. The number of methoxy groups -OCH3 is 1. The van der Waals surface area contributed by atoms with Crippen molar-refractivity contribution in [2.45, 2.75) is 26.2 Å². The van der Waals surface area contributed by atoms with Crippen molar-refractivity contribution in [3.05, 3.63) is 65.2 Å². The molecule has 0 amide bonds. The Hall–Kier alpha value is -1.51. The molecule has 2 aromatic carbocycles.